The Kier molecular flexibility index (Phi) is 3.33. The van der Waals surface area contributed by atoms with Gasteiger partial charge in [-0.25, -0.2) is 0 Å². The highest BCUT2D eigenvalue weighted by atomic mass is 16.1. The Balaban J connectivity index is 2.04. The fourth-order valence-electron chi connectivity index (χ4n) is 3.51. The van der Waals surface area contributed by atoms with E-state index in [1.165, 1.54) is 12.8 Å². The van der Waals surface area contributed by atoms with Crippen molar-refractivity contribution in [2.75, 3.05) is 0 Å². The number of carbonyl (C=O) groups is 1. The van der Waals surface area contributed by atoms with E-state index in [4.69, 9.17) is 0 Å². The highest BCUT2D eigenvalue weighted by molar-refractivity contribution is 6.09. The topological polar surface area (TPSA) is 30.0 Å². The van der Waals surface area contributed by atoms with Crippen LogP contribution in [0.3, 0.4) is 0 Å². The fraction of sp³-hybridized carbons (Fsp3) is 0.444. The molecule has 1 unspecified atom stereocenters. The van der Waals surface area contributed by atoms with E-state index in [2.05, 4.69) is 18.8 Å². The van der Waals surface area contributed by atoms with Crippen LogP contribution in [0.1, 0.15) is 49.9 Å². The number of benzene rings is 1. The SMILES string of the molecule is CC1(C)CCCCC1C(=O)c1cccc2cnccc12. The molecule has 1 fully saturated rings. The molecule has 0 radical (unpaired) electrons. The summed E-state index contributed by atoms with van der Waals surface area (Å²) in [6, 6.07) is 7.91. The van der Waals surface area contributed by atoms with Crippen LogP contribution in [-0.2, 0) is 0 Å². The third kappa shape index (κ3) is 2.24. The van der Waals surface area contributed by atoms with Gasteiger partial charge >= 0.3 is 0 Å². The van der Waals surface area contributed by atoms with Gasteiger partial charge in [-0.05, 0) is 29.7 Å². The average Bonchev–Trinajstić information content (AvgIpc) is 2.45. The van der Waals surface area contributed by atoms with Crippen molar-refractivity contribution in [2.45, 2.75) is 39.5 Å². The van der Waals surface area contributed by atoms with E-state index >= 15 is 0 Å². The molecule has 3 rings (SSSR count). The minimum absolute atomic E-state index is 0.116. The Morgan fingerprint density at radius 3 is 2.90 bits per heavy atom. The molecule has 0 aliphatic heterocycles. The lowest BCUT2D eigenvalue weighted by atomic mass is 9.66. The number of pyridine rings is 1. The van der Waals surface area contributed by atoms with Gasteiger partial charge in [0.15, 0.2) is 5.78 Å². The molecule has 1 saturated carbocycles. The Hall–Kier alpha value is -1.70. The molecule has 104 valence electrons. The van der Waals surface area contributed by atoms with E-state index in [-0.39, 0.29) is 11.3 Å². The third-order valence-corrected chi connectivity index (χ3v) is 4.77. The first-order valence-electron chi connectivity index (χ1n) is 7.46. The molecule has 1 aromatic heterocycles. The predicted molar refractivity (Wildman–Crippen MR) is 81.8 cm³/mol. The zero-order valence-corrected chi connectivity index (χ0v) is 12.2. The van der Waals surface area contributed by atoms with E-state index in [0.29, 0.717) is 5.78 Å². The van der Waals surface area contributed by atoms with Crippen molar-refractivity contribution in [1.82, 2.24) is 4.98 Å². The third-order valence-electron chi connectivity index (χ3n) is 4.77. The van der Waals surface area contributed by atoms with Crippen molar-refractivity contribution in [2.24, 2.45) is 11.3 Å². The van der Waals surface area contributed by atoms with Gasteiger partial charge in [0.25, 0.3) is 0 Å². The molecule has 1 aliphatic carbocycles. The molecule has 1 atom stereocenters. The maximum absolute atomic E-state index is 13.0. The van der Waals surface area contributed by atoms with Gasteiger partial charge in [-0.15, -0.1) is 0 Å². The molecule has 2 nitrogen and oxygen atoms in total. The van der Waals surface area contributed by atoms with Crippen LogP contribution in [0.25, 0.3) is 10.8 Å². The Morgan fingerprint density at radius 1 is 1.25 bits per heavy atom. The molecule has 0 amide bonds. The summed E-state index contributed by atoms with van der Waals surface area (Å²) in [7, 11) is 0. The summed E-state index contributed by atoms with van der Waals surface area (Å²) < 4.78 is 0. The molecule has 1 aliphatic rings. The molecular formula is C18H21NO. The Labute approximate surface area is 120 Å². The summed E-state index contributed by atoms with van der Waals surface area (Å²) in [5.74, 6) is 0.460. The normalized spacial score (nSPS) is 21.8. The lowest BCUT2D eigenvalue weighted by molar-refractivity contribution is 0.0699. The van der Waals surface area contributed by atoms with Crippen molar-refractivity contribution in [1.29, 1.82) is 0 Å². The summed E-state index contributed by atoms with van der Waals surface area (Å²) in [6.45, 7) is 4.48. The van der Waals surface area contributed by atoms with Gasteiger partial charge in [-0.3, -0.25) is 9.78 Å². The summed E-state index contributed by atoms with van der Waals surface area (Å²) in [5.41, 5.74) is 0.981. The highest BCUT2D eigenvalue weighted by Crippen LogP contribution is 2.42. The number of fused-ring (bicyclic) bond motifs is 1. The Bertz CT molecular complexity index is 639. The van der Waals surface area contributed by atoms with Gasteiger partial charge in [0.05, 0.1) is 0 Å². The van der Waals surface area contributed by atoms with E-state index < -0.39 is 0 Å². The zero-order chi connectivity index (χ0) is 14.2. The molecule has 2 aromatic rings. The van der Waals surface area contributed by atoms with Gasteiger partial charge in [0.2, 0.25) is 0 Å². The number of hydrogen-bond donors (Lipinski definition) is 0. The van der Waals surface area contributed by atoms with Crippen LogP contribution in [-0.4, -0.2) is 10.8 Å². The Morgan fingerprint density at radius 2 is 2.10 bits per heavy atom. The number of ketones is 1. The van der Waals surface area contributed by atoms with Gasteiger partial charge in [0, 0.05) is 29.3 Å². The van der Waals surface area contributed by atoms with Crippen molar-refractivity contribution in [3.63, 3.8) is 0 Å². The maximum atomic E-state index is 13.0. The smallest absolute Gasteiger partial charge is 0.167 e. The van der Waals surface area contributed by atoms with Crippen LogP contribution < -0.4 is 0 Å². The largest absolute Gasteiger partial charge is 0.294 e. The lowest BCUT2D eigenvalue weighted by Gasteiger charge is -2.37. The second kappa shape index (κ2) is 5.01. The van der Waals surface area contributed by atoms with Crippen molar-refractivity contribution < 1.29 is 4.79 Å². The van der Waals surface area contributed by atoms with Crippen LogP contribution in [0, 0.1) is 11.3 Å². The summed E-state index contributed by atoms with van der Waals surface area (Å²) >= 11 is 0. The number of nitrogens with zero attached hydrogens (tertiary/aromatic N) is 1. The highest BCUT2D eigenvalue weighted by Gasteiger charge is 2.37. The minimum Gasteiger partial charge on any atom is -0.294 e. The predicted octanol–water partition coefficient (Wildman–Crippen LogP) is 4.63. The van der Waals surface area contributed by atoms with Gasteiger partial charge in [-0.2, -0.15) is 0 Å². The molecule has 0 N–H and O–H groups in total. The molecule has 0 spiro atoms. The number of rotatable bonds is 2. The van der Waals surface area contributed by atoms with E-state index in [9.17, 15) is 4.79 Å². The van der Waals surface area contributed by atoms with Crippen LogP contribution in [0.4, 0.5) is 0 Å². The fourth-order valence-corrected chi connectivity index (χ4v) is 3.51. The molecule has 1 heterocycles. The van der Waals surface area contributed by atoms with Gasteiger partial charge < -0.3 is 0 Å². The monoisotopic (exact) mass is 267 g/mol. The first-order chi connectivity index (χ1) is 9.59. The van der Waals surface area contributed by atoms with Crippen LogP contribution in [0.2, 0.25) is 0 Å². The number of aromatic nitrogens is 1. The van der Waals surface area contributed by atoms with Crippen molar-refractivity contribution in [3.8, 4) is 0 Å². The van der Waals surface area contributed by atoms with Crippen molar-refractivity contribution in [3.05, 3.63) is 42.2 Å². The minimum atomic E-state index is 0.116. The first kappa shape index (κ1) is 13.3. The number of Topliss-reactive ketones (excluding diaryl/α,β-unsaturated/α-hetero) is 1. The first-order valence-corrected chi connectivity index (χ1v) is 7.46. The summed E-state index contributed by atoms with van der Waals surface area (Å²) in [6.07, 6.45) is 8.19. The molecule has 2 heteroatoms. The number of hydrogen-bond acceptors (Lipinski definition) is 2. The van der Waals surface area contributed by atoms with Crippen LogP contribution in [0.5, 0.6) is 0 Å². The van der Waals surface area contributed by atoms with Crippen molar-refractivity contribution >= 4 is 16.6 Å². The molecular weight excluding hydrogens is 246 g/mol. The second-order valence-corrected chi connectivity index (χ2v) is 6.55. The van der Waals surface area contributed by atoms with Gasteiger partial charge in [-0.1, -0.05) is 44.9 Å². The maximum Gasteiger partial charge on any atom is 0.167 e. The quantitative estimate of drug-likeness (QED) is 0.742. The van der Waals surface area contributed by atoms with Gasteiger partial charge in [0.1, 0.15) is 0 Å². The average molecular weight is 267 g/mol. The summed E-state index contributed by atoms with van der Waals surface area (Å²) in [5, 5.41) is 2.08. The standard InChI is InChI=1S/C18H21NO/c1-18(2)10-4-3-8-16(18)17(20)15-7-5-6-13-12-19-11-9-14(13)15/h5-7,9,11-12,16H,3-4,8,10H2,1-2H3. The zero-order valence-electron chi connectivity index (χ0n) is 12.2. The van der Waals surface area contributed by atoms with Crippen LogP contribution >= 0.6 is 0 Å². The van der Waals surface area contributed by atoms with E-state index in [1.54, 1.807) is 6.20 Å². The number of carbonyl (C=O) groups excluding carboxylic acids is 1. The molecule has 20 heavy (non-hydrogen) atoms. The van der Waals surface area contributed by atoms with E-state index in [1.807, 2.05) is 30.5 Å². The molecule has 0 bridgehead atoms. The van der Waals surface area contributed by atoms with E-state index in [0.717, 1.165) is 29.2 Å². The molecule has 1 aromatic carbocycles. The second-order valence-electron chi connectivity index (χ2n) is 6.55. The summed E-state index contributed by atoms with van der Waals surface area (Å²) in [4.78, 5) is 17.2. The molecule has 0 saturated heterocycles. The lowest BCUT2D eigenvalue weighted by Crippen LogP contribution is -2.34. The van der Waals surface area contributed by atoms with Crippen LogP contribution in [0.15, 0.2) is 36.7 Å².